The minimum atomic E-state index is -4.36. The molecule has 10 heteroatoms. The summed E-state index contributed by atoms with van der Waals surface area (Å²) in [5.74, 6) is -0.792. The molecule has 0 aliphatic carbocycles. The highest BCUT2D eigenvalue weighted by molar-refractivity contribution is 7.47. The topological polar surface area (TPSA) is 112 Å². The van der Waals surface area contributed by atoms with Gasteiger partial charge in [0.05, 0.1) is 13.2 Å². The Morgan fingerprint density at radius 1 is 0.508 bits per heavy atom. The largest absolute Gasteiger partial charge is 0.472 e. The van der Waals surface area contributed by atoms with E-state index in [-0.39, 0.29) is 32.0 Å². The van der Waals surface area contributed by atoms with Crippen LogP contribution in [0.4, 0.5) is 0 Å². The van der Waals surface area contributed by atoms with Crippen LogP contribution in [0.2, 0.25) is 0 Å². The van der Waals surface area contributed by atoms with E-state index in [1.54, 1.807) is 0 Å². The van der Waals surface area contributed by atoms with Gasteiger partial charge in [0, 0.05) is 19.4 Å². The summed E-state index contributed by atoms with van der Waals surface area (Å²) in [5.41, 5.74) is 0. The van der Waals surface area contributed by atoms with Crippen LogP contribution in [-0.2, 0) is 32.7 Å². The van der Waals surface area contributed by atoms with Gasteiger partial charge < -0.3 is 19.3 Å². The predicted molar refractivity (Wildman–Crippen MR) is 248 cm³/mol. The summed E-state index contributed by atoms with van der Waals surface area (Å²) in [5, 5.41) is 0. The Morgan fingerprint density at radius 2 is 0.864 bits per heavy atom. The Balaban J connectivity index is 4.17. The molecule has 0 saturated carbocycles. The number of ether oxygens (including phenoxy) is 2. The summed E-state index contributed by atoms with van der Waals surface area (Å²) in [6, 6.07) is 0. The van der Waals surface area contributed by atoms with Gasteiger partial charge in [0.25, 0.3) is 0 Å². The Hall–Kier alpha value is -1.25. The Kier molecular flexibility index (Phi) is 43.8. The first kappa shape index (κ1) is 57.8. The Morgan fingerprint density at radius 3 is 1.25 bits per heavy atom. The third-order valence-electron chi connectivity index (χ3n) is 11.1. The van der Waals surface area contributed by atoms with Crippen molar-refractivity contribution in [3.05, 3.63) is 12.2 Å². The van der Waals surface area contributed by atoms with Gasteiger partial charge in [0.15, 0.2) is 6.10 Å². The second-order valence-electron chi connectivity index (χ2n) is 17.4. The fourth-order valence-electron chi connectivity index (χ4n) is 7.21. The van der Waals surface area contributed by atoms with Crippen LogP contribution in [0.5, 0.6) is 0 Å². The number of esters is 2. The number of carbonyl (C=O) groups is 2. The summed E-state index contributed by atoms with van der Waals surface area (Å²) in [7, 11) is -0.703. The molecule has 350 valence electrons. The molecule has 0 amide bonds. The number of allylic oxidation sites excluding steroid dienone is 2. The predicted octanol–water partition coefficient (Wildman–Crippen LogP) is 14.8. The molecule has 0 aliphatic heterocycles. The first-order valence-electron chi connectivity index (χ1n) is 25.0. The molecule has 0 rings (SSSR count). The van der Waals surface area contributed by atoms with E-state index >= 15 is 0 Å². The molecule has 0 aromatic rings. The second-order valence-corrected chi connectivity index (χ2v) is 18.8. The molecule has 0 aromatic heterocycles. The molecule has 2 atom stereocenters. The van der Waals surface area contributed by atoms with E-state index in [2.05, 4.69) is 26.0 Å². The molecule has 0 radical (unpaired) electrons. The first-order chi connectivity index (χ1) is 28.7. The van der Waals surface area contributed by atoms with Gasteiger partial charge in [-0.25, -0.2) is 4.57 Å². The molecule has 0 fully saturated rings. The van der Waals surface area contributed by atoms with Gasteiger partial charge in [-0.2, -0.15) is 0 Å². The summed E-state index contributed by atoms with van der Waals surface area (Å²) in [4.78, 5) is 37.2. The number of unbranched alkanes of at least 4 members (excludes halogenated alkanes) is 31. The number of rotatable bonds is 47. The number of carbonyl (C=O) groups excluding carboxylic acids is 2. The van der Waals surface area contributed by atoms with Gasteiger partial charge in [-0.05, 0) is 52.6 Å². The van der Waals surface area contributed by atoms with Crippen LogP contribution in [0.3, 0.4) is 0 Å². The van der Waals surface area contributed by atoms with Gasteiger partial charge in [0.2, 0.25) is 0 Å². The summed E-state index contributed by atoms with van der Waals surface area (Å²) >= 11 is 0. The second kappa shape index (κ2) is 44.8. The van der Waals surface area contributed by atoms with Crippen molar-refractivity contribution in [2.24, 2.45) is 0 Å². The van der Waals surface area contributed by atoms with Gasteiger partial charge in [-0.3, -0.25) is 18.6 Å². The lowest BCUT2D eigenvalue weighted by Crippen LogP contribution is -2.29. The molecule has 59 heavy (non-hydrogen) atoms. The van der Waals surface area contributed by atoms with Gasteiger partial charge in [-0.15, -0.1) is 0 Å². The average Bonchev–Trinajstić information content (AvgIpc) is 3.20. The number of phosphoric acid groups is 1. The van der Waals surface area contributed by atoms with Crippen molar-refractivity contribution in [1.82, 2.24) is 4.90 Å². The zero-order valence-electron chi connectivity index (χ0n) is 39.2. The molecule has 0 spiro atoms. The fraction of sp³-hybridized carbons (Fsp3) is 0.918. The van der Waals surface area contributed by atoms with Crippen LogP contribution in [0.1, 0.15) is 245 Å². The van der Waals surface area contributed by atoms with Crippen molar-refractivity contribution >= 4 is 19.8 Å². The van der Waals surface area contributed by atoms with Crippen LogP contribution in [0.25, 0.3) is 0 Å². The molecule has 2 unspecified atom stereocenters. The zero-order chi connectivity index (χ0) is 43.3. The minimum Gasteiger partial charge on any atom is -0.462 e. The summed E-state index contributed by atoms with van der Waals surface area (Å²) < 4.78 is 33.6. The summed E-state index contributed by atoms with van der Waals surface area (Å²) in [6.45, 7) is 4.36. The third kappa shape index (κ3) is 46.1. The SMILES string of the molecule is CCCCCCCC/C=C\CCCCCCCCCC(=O)OCC(COP(=O)(O)OCCN(C)C)OC(=O)CCCCCCCCCCCCCCCCCCCCC. The van der Waals surface area contributed by atoms with E-state index < -0.39 is 26.5 Å². The van der Waals surface area contributed by atoms with Crippen LogP contribution >= 0.6 is 7.82 Å². The van der Waals surface area contributed by atoms with Gasteiger partial charge in [0.1, 0.15) is 6.61 Å². The highest BCUT2D eigenvalue weighted by atomic mass is 31.2. The lowest BCUT2D eigenvalue weighted by molar-refractivity contribution is -0.161. The highest BCUT2D eigenvalue weighted by Gasteiger charge is 2.26. The molecular weight excluding hydrogens is 762 g/mol. The normalized spacial score (nSPS) is 13.3. The van der Waals surface area contributed by atoms with Crippen LogP contribution in [-0.4, -0.2) is 68.3 Å². The number of hydrogen-bond acceptors (Lipinski definition) is 8. The smallest absolute Gasteiger partial charge is 0.462 e. The van der Waals surface area contributed by atoms with Crippen LogP contribution in [0, 0.1) is 0 Å². The lowest BCUT2D eigenvalue weighted by Gasteiger charge is -2.20. The molecule has 1 N–H and O–H groups in total. The van der Waals surface area contributed by atoms with E-state index in [9.17, 15) is 19.0 Å². The number of likely N-dealkylation sites (N-methyl/N-ethyl adjacent to an activating group) is 1. The van der Waals surface area contributed by atoms with Gasteiger partial charge >= 0.3 is 19.8 Å². The van der Waals surface area contributed by atoms with Gasteiger partial charge in [-0.1, -0.05) is 206 Å². The van der Waals surface area contributed by atoms with Crippen molar-refractivity contribution in [1.29, 1.82) is 0 Å². The van der Waals surface area contributed by atoms with E-state index in [0.717, 1.165) is 32.1 Å². The van der Waals surface area contributed by atoms with E-state index in [4.69, 9.17) is 18.5 Å². The molecule has 0 aromatic carbocycles. The van der Waals surface area contributed by atoms with E-state index in [1.165, 1.54) is 180 Å². The van der Waals surface area contributed by atoms with Crippen LogP contribution < -0.4 is 0 Å². The lowest BCUT2D eigenvalue weighted by atomic mass is 10.0. The Bertz CT molecular complexity index is 993. The Labute approximate surface area is 364 Å². The molecule has 9 nitrogen and oxygen atoms in total. The quantitative estimate of drug-likeness (QED) is 0.0277. The van der Waals surface area contributed by atoms with Crippen molar-refractivity contribution < 1.29 is 37.6 Å². The number of hydrogen-bond donors (Lipinski definition) is 1. The molecule has 0 aliphatic rings. The van der Waals surface area contributed by atoms with Crippen molar-refractivity contribution in [3.8, 4) is 0 Å². The monoisotopic (exact) mass is 858 g/mol. The molecule has 0 heterocycles. The standard InChI is InChI=1S/C49H96NO8P/c1-5-7-9-11-13-15-17-19-21-23-24-26-28-30-32-34-36-38-40-42-49(52)58-47(46-57-59(53,54)56-44-43-50(3)4)45-55-48(51)41-39-37-35-33-31-29-27-25-22-20-18-16-14-12-10-8-6-2/h20,22,47H,5-19,21,23-46H2,1-4H3,(H,53,54)/b22-20-. The number of nitrogens with zero attached hydrogens (tertiary/aromatic N) is 1. The van der Waals surface area contributed by atoms with Crippen molar-refractivity contribution in [3.63, 3.8) is 0 Å². The van der Waals surface area contributed by atoms with E-state index in [1.807, 2.05) is 19.0 Å². The first-order valence-corrected chi connectivity index (χ1v) is 26.5. The molecular formula is C49H96NO8P. The third-order valence-corrected chi connectivity index (χ3v) is 12.1. The zero-order valence-corrected chi connectivity index (χ0v) is 40.1. The maximum absolute atomic E-state index is 12.7. The maximum Gasteiger partial charge on any atom is 0.472 e. The van der Waals surface area contributed by atoms with E-state index in [0.29, 0.717) is 13.0 Å². The number of phosphoric ester groups is 1. The molecule has 0 bridgehead atoms. The van der Waals surface area contributed by atoms with Crippen LogP contribution in [0.15, 0.2) is 12.2 Å². The minimum absolute atomic E-state index is 0.0102. The highest BCUT2D eigenvalue weighted by Crippen LogP contribution is 2.43. The van der Waals surface area contributed by atoms with Crippen molar-refractivity contribution in [2.75, 3.05) is 40.5 Å². The molecule has 0 saturated heterocycles. The average molecular weight is 858 g/mol. The van der Waals surface area contributed by atoms with Crippen molar-refractivity contribution in [2.45, 2.75) is 251 Å². The fourth-order valence-corrected chi connectivity index (χ4v) is 7.96. The maximum atomic E-state index is 12.7. The summed E-state index contributed by atoms with van der Waals surface area (Å²) in [6.07, 6.45) is 46.8.